The van der Waals surface area contributed by atoms with Crippen molar-refractivity contribution in [2.24, 2.45) is 5.84 Å². The maximum Gasteiger partial charge on any atom is 0.228 e. The van der Waals surface area contributed by atoms with Crippen LogP contribution in [0.1, 0.15) is 17.3 Å². The maximum absolute atomic E-state index is 11.2. The van der Waals surface area contributed by atoms with Crippen LogP contribution in [-0.4, -0.2) is 24.9 Å². The molecular formula is C11H16N4O. The number of hydrazine groups is 1. The minimum Gasteiger partial charge on any atom is -0.326 e. The zero-order valence-corrected chi connectivity index (χ0v) is 9.45. The first-order valence-corrected chi connectivity index (χ1v) is 5.17. The average molecular weight is 220 g/mol. The normalized spacial score (nSPS) is 16.1. The molecule has 0 fully saturated rings. The number of amides is 1. The quantitative estimate of drug-likeness (QED) is 0.387. The molecule has 1 heterocycles. The minimum absolute atomic E-state index is 0.0407. The first-order valence-electron chi connectivity index (χ1n) is 5.17. The van der Waals surface area contributed by atoms with E-state index in [1.165, 1.54) is 0 Å². The highest BCUT2D eigenvalue weighted by molar-refractivity contribution is 5.99. The summed E-state index contributed by atoms with van der Waals surface area (Å²) < 4.78 is 0. The van der Waals surface area contributed by atoms with Gasteiger partial charge in [-0.2, -0.15) is 0 Å². The highest BCUT2D eigenvalue weighted by atomic mass is 16.1. The van der Waals surface area contributed by atoms with Crippen molar-refractivity contribution in [2.45, 2.75) is 12.6 Å². The fourth-order valence-corrected chi connectivity index (χ4v) is 1.96. The van der Waals surface area contributed by atoms with Crippen molar-refractivity contribution in [3.8, 4) is 0 Å². The Balaban J connectivity index is 2.31. The van der Waals surface area contributed by atoms with Crippen LogP contribution in [0, 0.1) is 0 Å². The Morgan fingerprint density at radius 2 is 2.25 bits per heavy atom. The molecular weight excluding hydrogens is 204 g/mol. The summed E-state index contributed by atoms with van der Waals surface area (Å²) in [6.45, 7) is 0. The number of hydrogen-bond acceptors (Lipinski definition) is 4. The third-order valence-corrected chi connectivity index (χ3v) is 2.74. The Kier molecular flexibility index (Phi) is 2.91. The molecule has 0 aromatic heterocycles. The molecule has 0 radical (unpaired) electrons. The minimum atomic E-state index is -0.0407. The number of nitrogens with zero attached hydrogens (tertiary/aromatic N) is 1. The van der Waals surface area contributed by atoms with Gasteiger partial charge in [-0.25, -0.2) is 5.43 Å². The van der Waals surface area contributed by atoms with Gasteiger partial charge in [0.25, 0.3) is 0 Å². The first kappa shape index (κ1) is 11.1. The monoisotopic (exact) mass is 220 g/mol. The standard InChI is InChI=1S/C11H16N4O/c1-15(2)11(14-12)7-3-4-9-8(5-7)6-10(16)13-9/h3-5,11,14H,6,12H2,1-2H3,(H,13,16). The van der Waals surface area contributed by atoms with Gasteiger partial charge in [0.1, 0.15) is 0 Å². The van der Waals surface area contributed by atoms with Crippen LogP contribution in [0.2, 0.25) is 0 Å². The zero-order chi connectivity index (χ0) is 11.7. The summed E-state index contributed by atoms with van der Waals surface area (Å²) in [6.07, 6.45) is 0.412. The van der Waals surface area contributed by atoms with Gasteiger partial charge < -0.3 is 5.32 Å². The van der Waals surface area contributed by atoms with E-state index in [2.05, 4.69) is 10.7 Å². The average Bonchev–Trinajstić information content (AvgIpc) is 2.57. The van der Waals surface area contributed by atoms with Gasteiger partial charge in [-0.15, -0.1) is 0 Å². The van der Waals surface area contributed by atoms with Crippen LogP contribution in [0.25, 0.3) is 0 Å². The molecule has 5 heteroatoms. The number of carbonyl (C=O) groups excluding carboxylic acids is 1. The van der Waals surface area contributed by atoms with E-state index in [1.54, 1.807) is 0 Å². The lowest BCUT2D eigenvalue weighted by atomic mass is 10.1. The van der Waals surface area contributed by atoms with Crippen molar-refractivity contribution in [3.63, 3.8) is 0 Å². The molecule has 2 rings (SSSR count). The fraction of sp³-hybridized carbons (Fsp3) is 0.364. The van der Waals surface area contributed by atoms with Gasteiger partial charge in [0.2, 0.25) is 5.91 Å². The zero-order valence-electron chi connectivity index (χ0n) is 9.45. The van der Waals surface area contributed by atoms with Crippen molar-refractivity contribution >= 4 is 11.6 Å². The number of nitrogens with one attached hydrogen (secondary N) is 2. The summed E-state index contributed by atoms with van der Waals surface area (Å²) >= 11 is 0. The molecule has 5 nitrogen and oxygen atoms in total. The molecule has 0 aliphatic carbocycles. The maximum atomic E-state index is 11.2. The second-order valence-corrected chi connectivity index (χ2v) is 4.17. The molecule has 1 aliphatic rings. The number of nitrogens with two attached hydrogens (primary N) is 1. The van der Waals surface area contributed by atoms with E-state index in [-0.39, 0.29) is 12.1 Å². The van der Waals surface area contributed by atoms with Gasteiger partial charge in [-0.1, -0.05) is 12.1 Å². The number of anilines is 1. The highest BCUT2D eigenvalue weighted by Crippen LogP contribution is 2.26. The molecule has 1 unspecified atom stereocenters. The lowest BCUT2D eigenvalue weighted by molar-refractivity contribution is -0.115. The van der Waals surface area contributed by atoms with Gasteiger partial charge >= 0.3 is 0 Å². The summed E-state index contributed by atoms with van der Waals surface area (Å²) in [5.74, 6) is 5.55. The summed E-state index contributed by atoms with van der Waals surface area (Å²) in [6, 6.07) is 5.90. The van der Waals surface area contributed by atoms with Gasteiger partial charge in [0.15, 0.2) is 0 Å². The summed E-state index contributed by atoms with van der Waals surface area (Å²) in [5, 5.41) is 2.81. The molecule has 1 amide bonds. The van der Waals surface area contributed by atoms with Crippen molar-refractivity contribution in [3.05, 3.63) is 29.3 Å². The van der Waals surface area contributed by atoms with E-state index >= 15 is 0 Å². The van der Waals surface area contributed by atoms with Gasteiger partial charge in [-0.3, -0.25) is 15.5 Å². The molecule has 1 aliphatic heterocycles. The van der Waals surface area contributed by atoms with E-state index in [0.29, 0.717) is 6.42 Å². The third-order valence-electron chi connectivity index (χ3n) is 2.74. The van der Waals surface area contributed by atoms with Crippen LogP contribution in [0.3, 0.4) is 0 Å². The SMILES string of the molecule is CN(C)C(NN)c1ccc2c(c1)CC(=O)N2. The van der Waals surface area contributed by atoms with Crippen molar-refractivity contribution < 1.29 is 4.79 Å². The van der Waals surface area contributed by atoms with E-state index in [4.69, 9.17) is 5.84 Å². The summed E-state index contributed by atoms with van der Waals surface area (Å²) in [5.41, 5.74) is 5.74. The smallest absolute Gasteiger partial charge is 0.228 e. The number of carbonyl (C=O) groups is 1. The Hall–Kier alpha value is -1.43. The van der Waals surface area contributed by atoms with Gasteiger partial charge in [-0.05, 0) is 31.3 Å². The van der Waals surface area contributed by atoms with Crippen LogP contribution < -0.4 is 16.6 Å². The van der Waals surface area contributed by atoms with Crippen LogP contribution in [0.15, 0.2) is 18.2 Å². The predicted molar refractivity (Wildman–Crippen MR) is 62.5 cm³/mol. The Bertz CT molecular complexity index is 416. The Morgan fingerprint density at radius 3 is 2.88 bits per heavy atom. The molecule has 16 heavy (non-hydrogen) atoms. The molecule has 86 valence electrons. The third kappa shape index (κ3) is 1.92. The van der Waals surface area contributed by atoms with E-state index < -0.39 is 0 Å². The van der Waals surface area contributed by atoms with E-state index in [0.717, 1.165) is 16.8 Å². The molecule has 0 bridgehead atoms. The van der Waals surface area contributed by atoms with E-state index in [9.17, 15) is 4.79 Å². The van der Waals surface area contributed by atoms with Crippen molar-refractivity contribution in [1.29, 1.82) is 0 Å². The summed E-state index contributed by atoms with van der Waals surface area (Å²) in [4.78, 5) is 13.2. The molecule has 1 aromatic rings. The number of benzene rings is 1. The van der Waals surface area contributed by atoms with Crippen LogP contribution in [-0.2, 0) is 11.2 Å². The predicted octanol–water partition coefficient (Wildman–Crippen LogP) is 0.205. The van der Waals surface area contributed by atoms with Gasteiger partial charge in [0, 0.05) is 5.69 Å². The second kappa shape index (κ2) is 4.21. The fourth-order valence-electron chi connectivity index (χ4n) is 1.96. The van der Waals surface area contributed by atoms with Crippen LogP contribution >= 0.6 is 0 Å². The van der Waals surface area contributed by atoms with E-state index in [1.807, 2.05) is 37.2 Å². The van der Waals surface area contributed by atoms with Crippen LogP contribution in [0.5, 0.6) is 0 Å². The van der Waals surface area contributed by atoms with Gasteiger partial charge in [0.05, 0.1) is 12.6 Å². The largest absolute Gasteiger partial charge is 0.326 e. The topological polar surface area (TPSA) is 70.4 Å². The lowest BCUT2D eigenvalue weighted by Gasteiger charge is -2.24. The number of fused-ring (bicyclic) bond motifs is 1. The highest BCUT2D eigenvalue weighted by Gasteiger charge is 2.20. The molecule has 0 saturated carbocycles. The van der Waals surface area contributed by atoms with Crippen molar-refractivity contribution in [2.75, 3.05) is 19.4 Å². The lowest BCUT2D eigenvalue weighted by Crippen LogP contribution is -2.37. The Labute approximate surface area is 94.6 Å². The van der Waals surface area contributed by atoms with Crippen LogP contribution in [0.4, 0.5) is 5.69 Å². The van der Waals surface area contributed by atoms with Crippen molar-refractivity contribution in [1.82, 2.24) is 10.3 Å². The molecule has 0 saturated heterocycles. The molecule has 4 N–H and O–H groups in total. The Morgan fingerprint density at radius 1 is 1.50 bits per heavy atom. The summed E-state index contributed by atoms with van der Waals surface area (Å²) in [7, 11) is 3.89. The first-order chi connectivity index (χ1) is 7.61. The molecule has 0 spiro atoms. The second-order valence-electron chi connectivity index (χ2n) is 4.17. The number of hydrogen-bond donors (Lipinski definition) is 3. The molecule has 1 atom stereocenters. The molecule has 1 aromatic carbocycles. The number of rotatable bonds is 3.